The molecular formula is C15H18N4O2. The SMILES string of the molecule is O=c1cc2c(nn1CC1CN(Cc3ccno3)C1)CCC2. The molecule has 0 amide bonds. The fourth-order valence-electron chi connectivity index (χ4n) is 3.28. The molecule has 0 radical (unpaired) electrons. The lowest BCUT2D eigenvalue weighted by molar-refractivity contribution is 0.0675. The summed E-state index contributed by atoms with van der Waals surface area (Å²) in [5.41, 5.74) is 2.31. The molecule has 2 aromatic heterocycles. The van der Waals surface area contributed by atoms with Crippen LogP contribution in [0.1, 0.15) is 23.4 Å². The van der Waals surface area contributed by atoms with Gasteiger partial charge in [0, 0.05) is 31.1 Å². The van der Waals surface area contributed by atoms with Gasteiger partial charge in [0.25, 0.3) is 5.56 Å². The normalized spacial score (nSPS) is 18.7. The molecule has 0 aromatic carbocycles. The molecule has 21 heavy (non-hydrogen) atoms. The third-order valence-electron chi connectivity index (χ3n) is 4.36. The van der Waals surface area contributed by atoms with Crippen molar-refractivity contribution in [1.29, 1.82) is 0 Å². The maximum Gasteiger partial charge on any atom is 0.267 e. The molecule has 1 saturated heterocycles. The molecule has 1 fully saturated rings. The van der Waals surface area contributed by atoms with Crippen LogP contribution in [0, 0.1) is 5.92 Å². The Labute approximate surface area is 122 Å². The van der Waals surface area contributed by atoms with E-state index >= 15 is 0 Å². The summed E-state index contributed by atoms with van der Waals surface area (Å²) in [6, 6.07) is 3.67. The van der Waals surface area contributed by atoms with E-state index in [-0.39, 0.29) is 5.56 Å². The average molecular weight is 286 g/mol. The van der Waals surface area contributed by atoms with E-state index in [0.717, 1.165) is 62.5 Å². The highest BCUT2D eigenvalue weighted by Gasteiger charge is 2.28. The number of aromatic nitrogens is 3. The van der Waals surface area contributed by atoms with Gasteiger partial charge in [0.2, 0.25) is 0 Å². The molecule has 0 spiro atoms. The second-order valence-corrected chi connectivity index (χ2v) is 6.03. The molecule has 110 valence electrons. The zero-order chi connectivity index (χ0) is 14.2. The van der Waals surface area contributed by atoms with Crippen molar-refractivity contribution in [2.75, 3.05) is 13.1 Å². The highest BCUT2D eigenvalue weighted by Crippen LogP contribution is 2.21. The van der Waals surface area contributed by atoms with Crippen LogP contribution in [0.5, 0.6) is 0 Å². The molecule has 0 bridgehead atoms. The van der Waals surface area contributed by atoms with Crippen molar-refractivity contribution >= 4 is 0 Å². The van der Waals surface area contributed by atoms with Crippen LogP contribution in [-0.2, 0) is 25.9 Å². The van der Waals surface area contributed by atoms with Crippen molar-refractivity contribution in [2.45, 2.75) is 32.4 Å². The van der Waals surface area contributed by atoms with Gasteiger partial charge in [-0.3, -0.25) is 9.69 Å². The summed E-state index contributed by atoms with van der Waals surface area (Å²) in [6.07, 6.45) is 4.81. The van der Waals surface area contributed by atoms with Gasteiger partial charge in [-0.25, -0.2) is 4.68 Å². The number of rotatable bonds is 4. The van der Waals surface area contributed by atoms with Gasteiger partial charge >= 0.3 is 0 Å². The van der Waals surface area contributed by atoms with Crippen molar-refractivity contribution in [3.05, 3.63) is 45.7 Å². The molecule has 0 atom stereocenters. The van der Waals surface area contributed by atoms with Gasteiger partial charge in [0.05, 0.1) is 25.0 Å². The van der Waals surface area contributed by atoms with Gasteiger partial charge in [-0.2, -0.15) is 5.10 Å². The standard InChI is InChI=1S/C15H18N4O2/c20-15-6-12-2-1-3-14(12)17-19(15)9-11-7-18(8-11)10-13-4-5-16-21-13/h4-6,11H,1-3,7-10H2. The summed E-state index contributed by atoms with van der Waals surface area (Å²) >= 11 is 0. The first-order valence-corrected chi connectivity index (χ1v) is 7.50. The minimum absolute atomic E-state index is 0.0457. The van der Waals surface area contributed by atoms with Gasteiger partial charge in [0.15, 0.2) is 5.76 Å². The molecule has 6 heteroatoms. The largest absolute Gasteiger partial charge is 0.360 e. The van der Waals surface area contributed by atoms with E-state index < -0.39 is 0 Å². The average Bonchev–Trinajstić information content (AvgIpc) is 3.07. The van der Waals surface area contributed by atoms with Crippen LogP contribution in [-0.4, -0.2) is 32.9 Å². The quantitative estimate of drug-likeness (QED) is 0.834. The Bertz CT molecular complexity index is 686. The lowest BCUT2D eigenvalue weighted by atomic mass is 10.00. The maximum atomic E-state index is 12.1. The van der Waals surface area contributed by atoms with Crippen LogP contribution < -0.4 is 5.56 Å². The van der Waals surface area contributed by atoms with Crippen LogP contribution in [0.4, 0.5) is 0 Å². The number of nitrogens with zero attached hydrogens (tertiary/aromatic N) is 4. The van der Waals surface area contributed by atoms with Crippen LogP contribution in [0.2, 0.25) is 0 Å². The monoisotopic (exact) mass is 286 g/mol. The second kappa shape index (κ2) is 5.11. The van der Waals surface area contributed by atoms with Crippen molar-refractivity contribution in [3.63, 3.8) is 0 Å². The zero-order valence-corrected chi connectivity index (χ0v) is 11.9. The molecule has 3 heterocycles. The van der Waals surface area contributed by atoms with E-state index in [2.05, 4.69) is 15.2 Å². The fourth-order valence-corrected chi connectivity index (χ4v) is 3.28. The van der Waals surface area contributed by atoms with Crippen LogP contribution >= 0.6 is 0 Å². The van der Waals surface area contributed by atoms with E-state index in [1.165, 1.54) is 0 Å². The molecule has 2 aromatic rings. The highest BCUT2D eigenvalue weighted by atomic mass is 16.5. The number of hydrogen-bond acceptors (Lipinski definition) is 5. The third kappa shape index (κ3) is 2.51. The minimum atomic E-state index is 0.0457. The predicted molar refractivity (Wildman–Crippen MR) is 75.8 cm³/mol. The first-order valence-electron chi connectivity index (χ1n) is 7.50. The lowest BCUT2D eigenvalue weighted by Crippen LogP contribution is -2.48. The minimum Gasteiger partial charge on any atom is -0.360 e. The fraction of sp³-hybridized carbons (Fsp3) is 0.533. The molecule has 2 aliphatic rings. The third-order valence-corrected chi connectivity index (χ3v) is 4.36. The summed E-state index contributed by atoms with van der Waals surface area (Å²) in [5, 5.41) is 8.24. The number of likely N-dealkylation sites (tertiary alicyclic amines) is 1. The van der Waals surface area contributed by atoms with Crippen molar-refractivity contribution in [1.82, 2.24) is 19.8 Å². The molecule has 6 nitrogen and oxygen atoms in total. The molecule has 1 aliphatic heterocycles. The molecule has 0 N–H and O–H groups in total. The van der Waals surface area contributed by atoms with Gasteiger partial charge < -0.3 is 4.52 Å². The van der Waals surface area contributed by atoms with Gasteiger partial charge in [-0.05, 0) is 24.8 Å². The number of fused-ring (bicyclic) bond motifs is 1. The Hall–Kier alpha value is -1.95. The van der Waals surface area contributed by atoms with Gasteiger partial charge in [0.1, 0.15) is 0 Å². The maximum absolute atomic E-state index is 12.1. The van der Waals surface area contributed by atoms with Crippen molar-refractivity contribution in [2.24, 2.45) is 5.92 Å². The Morgan fingerprint density at radius 1 is 1.33 bits per heavy atom. The Kier molecular flexibility index (Phi) is 3.11. The molecule has 1 aliphatic carbocycles. The number of aryl methyl sites for hydroxylation is 2. The van der Waals surface area contributed by atoms with E-state index in [4.69, 9.17) is 4.52 Å². The van der Waals surface area contributed by atoms with Crippen LogP contribution in [0.25, 0.3) is 0 Å². The zero-order valence-electron chi connectivity index (χ0n) is 11.9. The first-order chi connectivity index (χ1) is 10.3. The lowest BCUT2D eigenvalue weighted by Gasteiger charge is -2.38. The Balaban J connectivity index is 1.37. The smallest absolute Gasteiger partial charge is 0.267 e. The second-order valence-electron chi connectivity index (χ2n) is 6.03. The highest BCUT2D eigenvalue weighted by molar-refractivity contribution is 5.22. The van der Waals surface area contributed by atoms with Crippen LogP contribution in [0.15, 0.2) is 27.6 Å². The topological polar surface area (TPSA) is 64.2 Å². The summed E-state index contributed by atoms with van der Waals surface area (Å²) in [4.78, 5) is 14.4. The summed E-state index contributed by atoms with van der Waals surface area (Å²) < 4.78 is 6.76. The van der Waals surface area contributed by atoms with Crippen molar-refractivity contribution < 1.29 is 4.52 Å². The molecular weight excluding hydrogens is 268 g/mol. The summed E-state index contributed by atoms with van der Waals surface area (Å²) in [5.74, 6) is 1.39. The molecule has 0 unspecified atom stereocenters. The Morgan fingerprint density at radius 2 is 2.24 bits per heavy atom. The van der Waals surface area contributed by atoms with E-state index in [0.29, 0.717) is 5.92 Å². The molecule has 0 saturated carbocycles. The predicted octanol–water partition coefficient (Wildman–Crippen LogP) is 0.852. The van der Waals surface area contributed by atoms with E-state index in [1.807, 2.05) is 6.07 Å². The molecule has 4 rings (SSSR count). The van der Waals surface area contributed by atoms with Gasteiger partial charge in [-0.1, -0.05) is 5.16 Å². The number of hydrogen-bond donors (Lipinski definition) is 0. The summed E-state index contributed by atoms with van der Waals surface area (Å²) in [6.45, 7) is 3.47. The van der Waals surface area contributed by atoms with Gasteiger partial charge in [-0.15, -0.1) is 0 Å². The first kappa shape index (κ1) is 12.8. The van der Waals surface area contributed by atoms with Crippen molar-refractivity contribution in [3.8, 4) is 0 Å². The van der Waals surface area contributed by atoms with E-state index in [9.17, 15) is 4.79 Å². The van der Waals surface area contributed by atoms with E-state index in [1.54, 1.807) is 16.9 Å². The summed E-state index contributed by atoms with van der Waals surface area (Å²) in [7, 11) is 0. The Morgan fingerprint density at radius 3 is 3.05 bits per heavy atom. The van der Waals surface area contributed by atoms with Crippen LogP contribution in [0.3, 0.4) is 0 Å².